The quantitative estimate of drug-likeness (QED) is 0.552. The van der Waals surface area contributed by atoms with Crippen molar-refractivity contribution in [3.05, 3.63) is 42.4 Å². The molecule has 0 aliphatic heterocycles. The predicted molar refractivity (Wildman–Crippen MR) is 80.7 cm³/mol. The van der Waals surface area contributed by atoms with E-state index in [-0.39, 0.29) is 4.83 Å². The van der Waals surface area contributed by atoms with Gasteiger partial charge in [-0.25, -0.2) is 0 Å². The summed E-state index contributed by atoms with van der Waals surface area (Å²) in [5, 5.41) is 0. The number of hydrogen-bond donors (Lipinski definition) is 0. The van der Waals surface area contributed by atoms with E-state index in [1.54, 1.807) is 11.3 Å². The van der Waals surface area contributed by atoms with Gasteiger partial charge in [0.15, 0.2) is 0 Å². The number of halogens is 3. The number of hydrogen-bond acceptors (Lipinski definition) is 2. The van der Waals surface area contributed by atoms with Crippen LogP contribution in [0.4, 0.5) is 0 Å². The Balaban J connectivity index is 2.46. The molecule has 0 aliphatic carbocycles. The van der Waals surface area contributed by atoms with Crippen LogP contribution in [-0.4, -0.2) is 0 Å². The molecular formula is C12H11Br2ClOS. The van der Waals surface area contributed by atoms with Crippen LogP contribution in [0, 0.1) is 20.8 Å². The molecule has 17 heavy (non-hydrogen) atoms. The monoisotopic (exact) mass is 396 g/mol. The van der Waals surface area contributed by atoms with Crippen LogP contribution < -0.4 is 0 Å². The largest absolute Gasteiger partial charge is 0.466 e. The Morgan fingerprint density at radius 3 is 2.35 bits per heavy atom. The smallest absolute Gasteiger partial charge is 0.107 e. The van der Waals surface area contributed by atoms with E-state index in [4.69, 9.17) is 16.0 Å². The summed E-state index contributed by atoms with van der Waals surface area (Å²) in [6.07, 6.45) is 0. The molecule has 1 atom stereocenters. The van der Waals surface area contributed by atoms with Crippen molar-refractivity contribution in [2.24, 2.45) is 0 Å². The van der Waals surface area contributed by atoms with Crippen molar-refractivity contribution >= 4 is 54.8 Å². The van der Waals surface area contributed by atoms with Crippen molar-refractivity contribution in [3.63, 3.8) is 0 Å². The molecule has 0 bridgehead atoms. The van der Waals surface area contributed by atoms with Gasteiger partial charge in [0.1, 0.15) is 15.9 Å². The fraction of sp³-hybridized carbons (Fsp3) is 0.333. The molecule has 0 radical (unpaired) electrons. The Morgan fingerprint density at radius 1 is 1.29 bits per heavy atom. The first kappa shape index (κ1) is 13.7. The summed E-state index contributed by atoms with van der Waals surface area (Å²) in [6, 6.07) is 2.05. The molecular weight excluding hydrogens is 387 g/mol. The fourth-order valence-electron chi connectivity index (χ4n) is 1.81. The van der Waals surface area contributed by atoms with Crippen LogP contribution in [0.5, 0.6) is 0 Å². The van der Waals surface area contributed by atoms with Gasteiger partial charge in [0.05, 0.1) is 4.83 Å². The molecule has 0 amide bonds. The van der Waals surface area contributed by atoms with E-state index in [9.17, 15) is 0 Å². The molecule has 0 saturated heterocycles. The molecule has 0 fully saturated rings. The van der Waals surface area contributed by atoms with Crippen LogP contribution in [-0.2, 0) is 0 Å². The first-order chi connectivity index (χ1) is 7.91. The first-order valence-corrected chi connectivity index (χ1v) is 7.97. The van der Waals surface area contributed by atoms with E-state index in [2.05, 4.69) is 38.8 Å². The van der Waals surface area contributed by atoms with Crippen LogP contribution >= 0.6 is 54.8 Å². The number of rotatable bonds is 2. The highest BCUT2D eigenvalue weighted by Gasteiger charge is 2.22. The fourth-order valence-corrected chi connectivity index (χ4v) is 4.62. The van der Waals surface area contributed by atoms with Crippen molar-refractivity contribution in [3.8, 4) is 0 Å². The van der Waals surface area contributed by atoms with E-state index in [1.807, 2.05) is 19.9 Å². The van der Waals surface area contributed by atoms with Gasteiger partial charge in [0.25, 0.3) is 0 Å². The molecule has 2 aromatic heterocycles. The SMILES string of the molecule is Cc1oc(C)c(C(Br)c2cc(Br)c(Cl)s2)c1C. The molecule has 2 aromatic rings. The van der Waals surface area contributed by atoms with E-state index in [0.29, 0.717) is 0 Å². The zero-order chi connectivity index (χ0) is 12.7. The second-order valence-corrected chi connectivity index (χ2v) is 7.34. The van der Waals surface area contributed by atoms with Gasteiger partial charge in [-0.05, 0) is 48.3 Å². The Morgan fingerprint density at radius 2 is 1.94 bits per heavy atom. The van der Waals surface area contributed by atoms with Crippen LogP contribution in [0.2, 0.25) is 4.34 Å². The molecule has 2 heterocycles. The molecule has 5 heteroatoms. The van der Waals surface area contributed by atoms with Gasteiger partial charge >= 0.3 is 0 Å². The number of furan rings is 1. The van der Waals surface area contributed by atoms with Gasteiger partial charge in [-0.15, -0.1) is 11.3 Å². The Labute approximate surface area is 126 Å². The third-order valence-corrected chi connectivity index (χ3v) is 6.58. The third-order valence-electron chi connectivity index (χ3n) is 2.79. The van der Waals surface area contributed by atoms with E-state index < -0.39 is 0 Å². The maximum Gasteiger partial charge on any atom is 0.107 e. The van der Waals surface area contributed by atoms with Crippen LogP contribution in [0.25, 0.3) is 0 Å². The van der Waals surface area contributed by atoms with Gasteiger partial charge in [-0.1, -0.05) is 27.5 Å². The molecule has 92 valence electrons. The first-order valence-electron chi connectivity index (χ1n) is 5.07. The molecule has 1 unspecified atom stereocenters. The maximum absolute atomic E-state index is 6.07. The lowest BCUT2D eigenvalue weighted by Gasteiger charge is -2.07. The zero-order valence-corrected chi connectivity index (χ0v) is 14.3. The Hall–Kier alpha value is 0.230. The van der Waals surface area contributed by atoms with Crippen LogP contribution in [0.3, 0.4) is 0 Å². The van der Waals surface area contributed by atoms with Gasteiger partial charge in [0, 0.05) is 14.9 Å². The summed E-state index contributed by atoms with van der Waals surface area (Å²) < 4.78 is 7.38. The van der Waals surface area contributed by atoms with Gasteiger partial charge in [0.2, 0.25) is 0 Å². The van der Waals surface area contributed by atoms with Gasteiger partial charge in [-0.2, -0.15) is 0 Å². The molecule has 0 aliphatic rings. The van der Waals surface area contributed by atoms with Crippen molar-refractivity contribution < 1.29 is 4.42 Å². The minimum Gasteiger partial charge on any atom is -0.466 e. The predicted octanol–water partition coefficient (Wildman–Crippen LogP) is 6.17. The number of aryl methyl sites for hydroxylation is 2. The molecule has 1 nitrogen and oxygen atoms in total. The Bertz CT molecular complexity index is 540. The third kappa shape index (κ3) is 2.50. The average Bonchev–Trinajstić information content (AvgIpc) is 2.70. The van der Waals surface area contributed by atoms with Crippen molar-refractivity contribution in [2.75, 3.05) is 0 Å². The summed E-state index contributed by atoms with van der Waals surface area (Å²) in [4.78, 5) is 1.31. The molecule has 2 rings (SSSR count). The summed E-state index contributed by atoms with van der Waals surface area (Å²) in [6.45, 7) is 6.07. The maximum atomic E-state index is 6.07. The summed E-state index contributed by atoms with van der Waals surface area (Å²) >= 11 is 14.8. The lowest BCUT2D eigenvalue weighted by molar-refractivity contribution is 0.500. The molecule has 0 spiro atoms. The van der Waals surface area contributed by atoms with Gasteiger partial charge in [-0.3, -0.25) is 0 Å². The zero-order valence-electron chi connectivity index (χ0n) is 9.61. The summed E-state index contributed by atoms with van der Waals surface area (Å²) in [7, 11) is 0. The second-order valence-electron chi connectivity index (χ2n) is 3.89. The highest BCUT2D eigenvalue weighted by atomic mass is 79.9. The van der Waals surface area contributed by atoms with E-state index in [1.165, 1.54) is 16.0 Å². The normalized spacial score (nSPS) is 13.1. The lowest BCUT2D eigenvalue weighted by Crippen LogP contribution is -1.92. The molecule has 0 aromatic carbocycles. The minimum atomic E-state index is 0.133. The van der Waals surface area contributed by atoms with Crippen LogP contribution in [0.15, 0.2) is 15.0 Å². The molecule has 0 N–H and O–H groups in total. The van der Waals surface area contributed by atoms with Crippen LogP contribution in [0.1, 0.15) is 32.4 Å². The summed E-state index contributed by atoms with van der Waals surface area (Å²) in [5.74, 6) is 1.94. The number of thiophene rings is 1. The average molecular weight is 399 g/mol. The van der Waals surface area contributed by atoms with Crippen molar-refractivity contribution in [2.45, 2.75) is 25.6 Å². The van der Waals surface area contributed by atoms with E-state index >= 15 is 0 Å². The lowest BCUT2D eigenvalue weighted by atomic mass is 10.1. The van der Waals surface area contributed by atoms with Crippen molar-refractivity contribution in [1.29, 1.82) is 0 Å². The second kappa shape index (κ2) is 5.08. The Kier molecular flexibility index (Phi) is 4.08. The standard InChI is InChI=1S/C12H11Br2ClOS/c1-5-6(2)16-7(3)10(5)11(14)9-4-8(13)12(15)17-9/h4,11H,1-3H3. The molecule has 0 saturated carbocycles. The number of alkyl halides is 1. The highest BCUT2D eigenvalue weighted by molar-refractivity contribution is 9.10. The highest BCUT2D eigenvalue weighted by Crippen LogP contribution is 2.43. The van der Waals surface area contributed by atoms with E-state index in [0.717, 1.165) is 20.3 Å². The minimum absolute atomic E-state index is 0.133. The van der Waals surface area contributed by atoms with Crippen molar-refractivity contribution in [1.82, 2.24) is 0 Å². The summed E-state index contributed by atoms with van der Waals surface area (Å²) in [5.41, 5.74) is 2.40. The topological polar surface area (TPSA) is 13.1 Å². The van der Waals surface area contributed by atoms with Gasteiger partial charge < -0.3 is 4.42 Å².